The molecule has 0 saturated heterocycles. The Morgan fingerprint density at radius 2 is 1.46 bits per heavy atom. The summed E-state index contributed by atoms with van der Waals surface area (Å²) in [5.74, 6) is 0. The van der Waals surface area contributed by atoms with Crippen molar-refractivity contribution in [3.63, 3.8) is 0 Å². The molecule has 0 amide bonds. The summed E-state index contributed by atoms with van der Waals surface area (Å²) < 4.78 is 22.6. The molecule has 0 spiro atoms. The van der Waals surface area contributed by atoms with Gasteiger partial charge in [-0.2, -0.15) is 0 Å². The summed E-state index contributed by atoms with van der Waals surface area (Å²) in [5, 5.41) is 0. The van der Waals surface area contributed by atoms with Crippen molar-refractivity contribution >= 4 is 24.4 Å². The Morgan fingerprint density at radius 1 is 1.15 bits per heavy atom. The maximum atomic E-state index is 11.9. The van der Waals surface area contributed by atoms with Gasteiger partial charge in [-0.15, -0.1) is 0 Å². The van der Waals surface area contributed by atoms with Gasteiger partial charge in [-0.05, 0) is 34.6 Å². The minimum absolute atomic E-state index is 0.150. The van der Waals surface area contributed by atoms with Gasteiger partial charge in [0, 0.05) is 0 Å². The van der Waals surface area contributed by atoms with E-state index in [1.807, 2.05) is 0 Å². The van der Waals surface area contributed by atoms with E-state index in [0.717, 1.165) is 0 Å². The van der Waals surface area contributed by atoms with Crippen LogP contribution in [0.3, 0.4) is 0 Å². The fourth-order valence-corrected chi connectivity index (χ4v) is 2.44. The van der Waals surface area contributed by atoms with Crippen LogP contribution >= 0.6 is 19.8 Å². The van der Waals surface area contributed by atoms with Gasteiger partial charge in [0.05, 0.1) is 12.2 Å². The summed E-state index contributed by atoms with van der Waals surface area (Å²) in [4.78, 5) is 0. The predicted octanol–water partition coefficient (Wildman–Crippen LogP) is 3.38. The lowest BCUT2D eigenvalue weighted by Gasteiger charge is -2.21. The summed E-state index contributed by atoms with van der Waals surface area (Å²) in [5.41, 5.74) is 0. The Balaban J connectivity index is 4.54. The van der Waals surface area contributed by atoms with Crippen molar-refractivity contribution in [3.8, 4) is 0 Å². The van der Waals surface area contributed by atoms with Crippen LogP contribution in [-0.2, 0) is 13.6 Å². The Bertz CT molecular complexity index is 211. The molecule has 3 nitrogen and oxygen atoms in total. The largest absolute Gasteiger partial charge is 0.368 e. The van der Waals surface area contributed by atoms with Crippen LogP contribution in [0.5, 0.6) is 0 Å². The fourth-order valence-electron chi connectivity index (χ4n) is 0.728. The molecule has 0 aliphatic heterocycles. The summed E-state index contributed by atoms with van der Waals surface area (Å²) in [7, 11) is -3.17. The average molecular weight is 224 g/mol. The lowest BCUT2D eigenvalue weighted by Crippen LogP contribution is -2.11. The second-order valence-electron chi connectivity index (χ2n) is 3.32. The fraction of sp³-hybridized carbons (Fsp3) is 0.875. The molecule has 0 heterocycles. The van der Waals surface area contributed by atoms with Crippen LogP contribution in [-0.4, -0.2) is 16.8 Å². The van der Waals surface area contributed by atoms with Gasteiger partial charge < -0.3 is 9.05 Å². The third kappa shape index (κ3) is 4.87. The SMILES string of the molecule is CC(=S)P(=O)(OC(C)C)OC(C)C. The predicted molar refractivity (Wildman–Crippen MR) is 58.3 cm³/mol. The van der Waals surface area contributed by atoms with E-state index in [2.05, 4.69) is 0 Å². The van der Waals surface area contributed by atoms with Crippen molar-refractivity contribution in [2.24, 2.45) is 0 Å². The quantitative estimate of drug-likeness (QED) is 0.529. The molecule has 0 fully saturated rings. The Kier molecular flexibility index (Phi) is 5.30. The highest BCUT2D eigenvalue weighted by atomic mass is 32.1. The van der Waals surface area contributed by atoms with Crippen molar-refractivity contribution in [1.82, 2.24) is 0 Å². The molecule has 0 aromatic rings. The first kappa shape index (κ1) is 13.2. The van der Waals surface area contributed by atoms with Crippen LogP contribution in [0.4, 0.5) is 0 Å². The van der Waals surface area contributed by atoms with Crippen LogP contribution < -0.4 is 0 Å². The molecule has 0 atom stereocenters. The third-order valence-corrected chi connectivity index (χ3v) is 3.93. The minimum atomic E-state index is -3.17. The molecular formula is C8H17O3PS. The normalized spacial score (nSPS) is 12.5. The van der Waals surface area contributed by atoms with E-state index in [-0.39, 0.29) is 16.8 Å². The van der Waals surface area contributed by atoms with Gasteiger partial charge >= 0.3 is 7.60 Å². The molecule has 5 heteroatoms. The molecule has 0 unspecified atom stereocenters. The molecule has 0 aliphatic carbocycles. The van der Waals surface area contributed by atoms with E-state index in [1.54, 1.807) is 34.6 Å². The first-order valence-corrected chi connectivity index (χ1v) is 6.21. The minimum Gasteiger partial charge on any atom is -0.302 e. The summed E-state index contributed by atoms with van der Waals surface area (Å²) in [6, 6.07) is 0. The zero-order valence-corrected chi connectivity index (χ0v) is 10.4. The molecule has 0 N–H and O–H groups in total. The molecule has 0 aromatic heterocycles. The standard InChI is InChI=1S/C8H17O3PS/c1-6(2)10-12(9,8(5)13)11-7(3)4/h6-7H,1-5H3. The van der Waals surface area contributed by atoms with Gasteiger partial charge in [0.2, 0.25) is 0 Å². The Hall–Kier alpha value is 0.240. The van der Waals surface area contributed by atoms with Gasteiger partial charge in [-0.1, -0.05) is 12.2 Å². The van der Waals surface area contributed by atoms with Crippen molar-refractivity contribution in [3.05, 3.63) is 0 Å². The van der Waals surface area contributed by atoms with Gasteiger partial charge in [-0.3, -0.25) is 4.57 Å². The molecule has 13 heavy (non-hydrogen) atoms. The Labute approximate surface area is 85.3 Å². The molecule has 0 radical (unpaired) electrons. The molecule has 0 bridgehead atoms. The van der Waals surface area contributed by atoms with Gasteiger partial charge in [0.1, 0.15) is 4.61 Å². The highest BCUT2D eigenvalue weighted by Gasteiger charge is 2.29. The molecule has 78 valence electrons. The summed E-state index contributed by atoms with van der Waals surface area (Å²) in [6.07, 6.45) is -0.301. The van der Waals surface area contributed by atoms with E-state index >= 15 is 0 Å². The molecule has 0 saturated carbocycles. The number of hydrogen-bond donors (Lipinski definition) is 0. The molecule has 0 aliphatic rings. The summed E-state index contributed by atoms with van der Waals surface area (Å²) >= 11 is 4.85. The molecule has 0 aromatic carbocycles. The van der Waals surface area contributed by atoms with Crippen molar-refractivity contribution < 1.29 is 13.6 Å². The van der Waals surface area contributed by atoms with E-state index < -0.39 is 7.60 Å². The van der Waals surface area contributed by atoms with Crippen LogP contribution in [0.15, 0.2) is 0 Å². The first-order chi connectivity index (χ1) is 5.78. The number of hydrogen-bond acceptors (Lipinski definition) is 4. The third-order valence-electron chi connectivity index (χ3n) is 1.08. The molecular weight excluding hydrogens is 207 g/mol. The van der Waals surface area contributed by atoms with Gasteiger partial charge in [0.25, 0.3) is 0 Å². The monoisotopic (exact) mass is 224 g/mol. The number of rotatable bonds is 5. The first-order valence-electron chi connectivity index (χ1n) is 4.26. The average Bonchev–Trinajstić information content (AvgIpc) is 1.82. The van der Waals surface area contributed by atoms with Crippen LogP contribution in [0.1, 0.15) is 34.6 Å². The maximum Gasteiger partial charge on any atom is 0.368 e. The highest BCUT2D eigenvalue weighted by molar-refractivity contribution is 7.97. The number of thiocarbonyl (C=S) groups is 1. The highest BCUT2D eigenvalue weighted by Crippen LogP contribution is 2.51. The smallest absolute Gasteiger partial charge is 0.302 e. The van der Waals surface area contributed by atoms with Gasteiger partial charge in [-0.25, -0.2) is 0 Å². The van der Waals surface area contributed by atoms with Crippen LogP contribution in [0.25, 0.3) is 0 Å². The topological polar surface area (TPSA) is 35.5 Å². The lowest BCUT2D eigenvalue weighted by atomic mass is 10.5. The van der Waals surface area contributed by atoms with Crippen molar-refractivity contribution in [2.45, 2.75) is 46.8 Å². The zero-order chi connectivity index (χ0) is 10.6. The van der Waals surface area contributed by atoms with E-state index in [9.17, 15) is 4.57 Å². The van der Waals surface area contributed by atoms with Crippen LogP contribution in [0.2, 0.25) is 0 Å². The van der Waals surface area contributed by atoms with E-state index in [4.69, 9.17) is 21.3 Å². The van der Waals surface area contributed by atoms with Crippen LogP contribution in [0, 0.1) is 0 Å². The summed E-state index contributed by atoms with van der Waals surface area (Å²) in [6.45, 7) is 8.79. The van der Waals surface area contributed by atoms with Crippen molar-refractivity contribution in [1.29, 1.82) is 0 Å². The van der Waals surface area contributed by atoms with E-state index in [1.165, 1.54) is 0 Å². The zero-order valence-electron chi connectivity index (χ0n) is 8.73. The van der Waals surface area contributed by atoms with Crippen molar-refractivity contribution in [2.75, 3.05) is 0 Å². The Morgan fingerprint density at radius 3 is 1.62 bits per heavy atom. The van der Waals surface area contributed by atoms with E-state index in [0.29, 0.717) is 0 Å². The lowest BCUT2D eigenvalue weighted by molar-refractivity contribution is 0.152. The van der Waals surface area contributed by atoms with Gasteiger partial charge in [0.15, 0.2) is 0 Å². The molecule has 0 rings (SSSR count). The maximum absolute atomic E-state index is 11.9. The second kappa shape index (κ2) is 5.20. The second-order valence-corrected chi connectivity index (χ2v) is 6.33.